The van der Waals surface area contributed by atoms with Crippen molar-refractivity contribution in [3.8, 4) is 0 Å². The van der Waals surface area contributed by atoms with Gasteiger partial charge in [-0.15, -0.1) is 0 Å². The van der Waals surface area contributed by atoms with Gasteiger partial charge >= 0.3 is 15.2 Å². The van der Waals surface area contributed by atoms with Crippen molar-refractivity contribution in [1.82, 2.24) is 19.5 Å². The summed E-state index contributed by atoms with van der Waals surface area (Å²) in [4.78, 5) is 42.9. The lowest BCUT2D eigenvalue weighted by molar-refractivity contribution is -0.0112. The molecule has 0 amide bonds. The predicted octanol–water partition coefficient (Wildman–Crippen LogP) is 3.28. The van der Waals surface area contributed by atoms with Crippen LogP contribution in [0.15, 0.2) is 78.5 Å². The summed E-state index contributed by atoms with van der Waals surface area (Å²) in [6.07, 6.45) is -1.64. The Morgan fingerprint density at radius 2 is 1.60 bits per heavy atom. The van der Waals surface area contributed by atoms with Gasteiger partial charge in [-0.25, -0.2) is 4.98 Å². The van der Waals surface area contributed by atoms with E-state index in [1.54, 1.807) is 0 Å². The monoisotopic (exact) mass is 649 g/mol. The van der Waals surface area contributed by atoms with E-state index in [0.29, 0.717) is 24.4 Å². The third kappa shape index (κ3) is 5.68. The van der Waals surface area contributed by atoms with E-state index in [0.717, 1.165) is 11.1 Å². The van der Waals surface area contributed by atoms with Crippen LogP contribution in [0.1, 0.15) is 17.4 Å². The van der Waals surface area contributed by atoms with Gasteiger partial charge in [0.15, 0.2) is 40.5 Å². The number of hydrogen-bond acceptors (Lipinski definition) is 10. The molecule has 0 saturated carbocycles. The molecule has 3 atom stereocenters. The minimum Gasteiger partial charge on any atom is -0.506 e. The van der Waals surface area contributed by atoms with E-state index < -0.39 is 51.6 Å². The lowest BCUT2D eigenvalue weighted by Crippen LogP contribution is -2.60. The van der Waals surface area contributed by atoms with Crippen LogP contribution in [-0.2, 0) is 23.8 Å². The molecule has 0 bridgehead atoms. The molecule has 4 aromatic rings. The summed E-state index contributed by atoms with van der Waals surface area (Å²) in [5.74, 6) is -2.06. The van der Waals surface area contributed by atoms with Gasteiger partial charge in [-0.3, -0.25) is 18.2 Å². The molecular weight excluding hydrogens is 624 g/mol. The SMILES string of the molecule is O=P(O)(O)CP(=O)(O)OCC1=C(O)C(O)[C@H](n2cnc3c(N4CC(c5ccccc5)(c5ccccc5)C4)nc(Cl)nc32)O1. The molecule has 2 unspecified atom stereocenters. The molecule has 2 aromatic heterocycles. The molecule has 2 aromatic carbocycles. The van der Waals surface area contributed by atoms with Crippen LogP contribution in [0.4, 0.5) is 5.82 Å². The average molecular weight is 650 g/mol. The summed E-state index contributed by atoms with van der Waals surface area (Å²) >= 11 is 6.34. The number of ether oxygens (including phenoxy) is 1. The van der Waals surface area contributed by atoms with Crippen molar-refractivity contribution >= 4 is 43.8 Å². The number of aliphatic hydroxyl groups is 2. The van der Waals surface area contributed by atoms with Crippen LogP contribution in [0.2, 0.25) is 5.28 Å². The summed E-state index contributed by atoms with van der Waals surface area (Å²) in [7, 11) is -9.61. The lowest BCUT2D eigenvalue weighted by atomic mass is 9.68. The second-order valence-corrected chi connectivity index (χ2v) is 14.6. The molecule has 226 valence electrons. The highest BCUT2D eigenvalue weighted by atomic mass is 35.5. The van der Waals surface area contributed by atoms with Crippen molar-refractivity contribution in [2.24, 2.45) is 0 Å². The second-order valence-electron chi connectivity index (χ2n) is 10.3. The van der Waals surface area contributed by atoms with Crippen molar-refractivity contribution in [3.63, 3.8) is 0 Å². The minimum atomic E-state index is -4.86. The highest BCUT2D eigenvalue weighted by molar-refractivity contribution is 7.70. The summed E-state index contributed by atoms with van der Waals surface area (Å²) in [6, 6.07) is 20.3. The molecule has 2 aliphatic heterocycles. The summed E-state index contributed by atoms with van der Waals surface area (Å²) in [5, 5.41) is 21.1. The molecule has 6 rings (SSSR count). The minimum absolute atomic E-state index is 0.0898. The molecule has 43 heavy (non-hydrogen) atoms. The smallest absolute Gasteiger partial charge is 0.340 e. The Kier molecular flexibility index (Phi) is 7.60. The Morgan fingerprint density at radius 3 is 2.19 bits per heavy atom. The van der Waals surface area contributed by atoms with Crippen LogP contribution in [0, 0.1) is 0 Å². The first-order chi connectivity index (χ1) is 20.4. The topological polar surface area (TPSA) is 201 Å². The third-order valence-electron chi connectivity index (χ3n) is 7.38. The van der Waals surface area contributed by atoms with E-state index >= 15 is 0 Å². The molecule has 0 spiro atoms. The highest BCUT2D eigenvalue weighted by Crippen LogP contribution is 2.55. The van der Waals surface area contributed by atoms with Crippen LogP contribution < -0.4 is 4.90 Å². The van der Waals surface area contributed by atoms with Gasteiger partial charge in [-0.2, -0.15) is 9.97 Å². The van der Waals surface area contributed by atoms with E-state index in [1.807, 2.05) is 41.3 Å². The van der Waals surface area contributed by atoms with Crippen molar-refractivity contribution in [2.75, 3.05) is 30.5 Å². The zero-order chi connectivity index (χ0) is 30.6. The zero-order valence-electron chi connectivity index (χ0n) is 22.2. The molecule has 0 radical (unpaired) electrons. The normalized spacial score (nSPS) is 21.5. The largest absolute Gasteiger partial charge is 0.506 e. The quantitative estimate of drug-likeness (QED) is 0.131. The molecule has 5 N–H and O–H groups in total. The van der Waals surface area contributed by atoms with Crippen molar-refractivity contribution in [3.05, 3.63) is 94.9 Å². The summed E-state index contributed by atoms with van der Waals surface area (Å²) in [6.45, 7) is 0.298. The molecule has 0 aliphatic carbocycles. The second kappa shape index (κ2) is 11.0. The van der Waals surface area contributed by atoms with Gasteiger partial charge < -0.3 is 34.5 Å². The van der Waals surface area contributed by atoms with Gasteiger partial charge in [-0.1, -0.05) is 60.7 Å². The lowest BCUT2D eigenvalue weighted by Gasteiger charge is -2.51. The Labute approximate surface area is 249 Å². The first-order valence-electron chi connectivity index (χ1n) is 12.9. The number of imidazole rings is 1. The number of aromatic nitrogens is 4. The van der Waals surface area contributed by atoms with E-state index in [4.69, 9.17) is 30.6 Å². The van der Waals surface area contributed by atoms with Crippen LogP contribution in [0.3, 0.4) is 0 Å². The number of anilines is 1. The molecule has 4 heterocycles. The number of fused-ring (bicyclic) bond motifs is 1. The van der Waals surface area contributed by atoms with Gasteiger partial charge in [0.1, 0.15) is 12.9 Å². The molecule has 1 fully saturated rings. The summed E-state index contributed by atoms with van der Waals surface area (Å²) in [5.41, 5.74) is 2.54. The Hall–Kier alpha value is -3.32. The van der Waals surface area contributed by atoms with Gasteiger partial charge in [-0.05, 0) is 22.7 Å². The third-order valence-corrected chi connectivity index (χ3v) is 11.0. The van der Waals surface area contributed by atoms with Crippen LogP contribution in [-0.4, -0.2) is 76.1 Å². The number of nitrogens with zero attached hydrogens (tertiary/aromatic N) is 5. The van der Waals surface area contributed by atoms with Crippen molar-refractivity contribution < 1.29 is 43.3 Å². The first-order valence-corrected chi connectivity index (χ1v) is 16.8. The van der Waals surface area contributed by atoms with Crippen LogP contribution in [0.5, 0.6) is 0 Å². The number of aliphatic hydroxyl groups excluding tert-OH is 2. The molecular formula is C26H26ClN5O9P2. The van der Waals surface area contributed by atoms with E-state index in [1.165, 1.54) is 10.9 Å². The average Bonchev–Trinajstić information content (AvgIpc) is 3.47. The maximum atomic E-state index is 12.0. The van der Waals surface area contributed by atoms with Crippen LogP contribution in [0.25, 0.3) is 11.2 Å². The number of benzene rings is 2. The maximum absolute atomic E-state index is 12.0. The van der Waals surface area contributed by atoms with E-state index in [-0.39, 0.29) is 16.3 Å². The number of rotatable bonds is 9. The Morgan fingerprint density at radius 1 is 1.00 bits per heavy atom. The first kappa shape index (κ1) is 29.7. The maximum Gasteiger partial charge on any atom is 0.340 e. The molecule has 1 saturated heterocycles. The van der Waals surface area contributed by atoms with E-state index in [9.17, 15) is 24.2 Å². The molecule has 17 heteroatoms. The van der Waals surface area contributed by atoms with Crippen molar-refractivity contribution in [2.45, 2.75) is 17.7 Å². The van der Waals surface area contributed by atoms with Gasteiger partial charge in [0.25, 0.3) is 0 Å². The van der Waals surface area contributed by atoms with Gasteiger partial charge in [0.2, 0.25) is 11.5 Å². The Balaban J connectivity index is 1.26. The summed E-state index contributed by atoms with van der Waals surface area (Å²) < 4.78 is 34.8. The molecule has 14 nitrogen and oxygen atoms in total. The van der Waals surface area contributed by atoms with Gasteiger partial charge in [0, 0.05) is 13.1 Å². The Bertz CT molecular complexity index is 1750. The molecule has 2 aliphatic rings. The fourth-order valence-corrected chi connectivity index (χ4v) is 8.07. The predicted molar refractivity (Wildman–Crippen MR) is 155 cm³/mol. The number of hydrogen-bond donors (Lipinski definition) is 5. The van der Waals surface area contributed by atoms with Crippen molar-refractivity contribution in [1.29, 1.82) is 0 Å². The number of halogens is 1. The van der Waals surface area contributed by atoms with E-state index in [2.05, 4.69) is 39.2 Å². The standard InChI is InChI=1S/C26H26ClN5O9P2/c27-25-29-22(31-12-26(13-31,16-7-3-1-4-8-16)17-9-5-2-6-10-17)19-23(30-25)32(14-28-19)24-21(34)20(33)18(41-24)11-40-43(38,39)15-42(35,36)37/h1-10,14,21,24,33-34H,11-13,15H2,(H,38,39)(H2,35,36,37)/t21?,24-/m1/s1. The van der Waals surface area contributed by atoms with Gasteiger partial charge in [0.05, 0.1) is 5.41 Å². The zero-order valence-corrected chi connectivity index (χ0v) is 24.8. The highest BCUT2D eigenvalue weighted by Gasteiger charge is 2.47. The fourth-order valence-electron chi connectivity index (χ4n) is 5.40. The van der Waals surface area contributed by atoms with Crippen LogP contribution >= 0.6 is 26.8 Å². The fraction of sp³-hybridized carbons (Fsp3) is 0.269.